The van der Waals surface area contributed by atoms with Crippen LogP contribution in [0.3, 0.4) is 0 Å². The Morgan fingerprint density at radius 1 is 1.27 bits per heavy atom. The van der Waals surface area contributed by atoms with Crippen molar-refractivity contribution in [1.29, 1.82) is 0 Å². The van der Waals surface area contributed by atoms with Gasteiger partial charge in [0.25, 0.3) is 5.91 Å². The summed E-state index contributed by atoms with van der Waals surface area (Å²) < 4.78 is 48.9. The molecule has 0 radical (unpaired) electrons. The summed E-state index contributed by atoms with van der Waals surface area (Å²) in [6, 6.07) is 1.96. The maximum Gasteiger partial charge on any atom is 0.270 e. The molecule has 3 rings (SSSR count). The van der Waals surface area contributed by atoms with Crippen LogP contribution in [0.25, 0.3) is 0 Å². The Labute approximate surface area is 129 Å². The van der Waals surface area contributed by atoms with E-state index in [0.717, 1.165) is 6.26 Å². The van der Waals surface area contributed by atoms with Crippen LogP contribution in [0.15, 0.2) is 18.3 Å². The van der Waals surface area contributed by atoms with E-state index in [1.54, 1.807) is 18.3 Å². The highest BCUT2D eigenvalue weighted by molar-refractivity contribution is 7.92. The number of H-pyrrole nitrogens is 1. The molecule has 3 heterocycles. The minimum absolute atomic E-state index is 0.113. The van der Waals surface area contributed by atoms with Crippen molar-refractivity contribution in [3.05, 3.63) is 24.0 Å². The zero-order valence-corrected chi connectivity index (χ0v) is 13.6. The summed E-state index contributed by atoms with van der Waals surface area (Å²) in [6.07, 6.45) is 2.68. The Morgan fingerprint density at radius 2 is 1.95 bits per heavy atom. The molecular formula is C12H17N3O5S2. The van der Waals surface area contributed by atoms with Gasteiger partial charge >= 0.3 is 0 Å². The zero-order valence-electron chi connectivity index (χ0n) is 12.0. The molecule has 0 bridgehead atoms. The maximum atomic E-state index is 12.5. The molecule has 1 aromatic rings. The monoisotopic (exact) mass is 347 g/mol. The molecule has 22 heavy (non-hydrogen) atoms. The van der Waals surface area contributed by atoms with Crippen LogP contribution in [0.4, 0.5) is 0 Å². The van der Waals surface area contributed by atoms with Gasteiger partial charge in [0, 0.05) is 19.3 Å². The Morgan fingerprint density at radius 3 is 2.55 bits per heavy atom. The number of fused-ring (bicyclic) bond motifs is 1. The molecule has 2 fully saturated rings. The number of aromatic amines is 1. The van der Waals surface area contributed by atoms with Gasteiger partial charge in [0.05, 0.1) is 29.8 Å². The van der Waals surface area contributed by atoms with E-state index < -0.39 is 31.9 Å². The maximum absolute atomic E-state index is 12.5. The fourth-order valence-corrected chi connectivity index (χ4v) is 6.40. The molecule has 8 nitrogen and oxygen atoms in total. The van der Waals surface area contributed by atoms with Gasteiger partial charge in [-0.05, 0) is 12.1 Å². The molecule has 2 aliphatic rings. The van der Waals surface area contributed by atoms with Gasteiger partial charge in [-0.15, -0.1) is 0 Å². The summed E-state index contributed by atoms with van der Waals surface area (Å²) in [4.78, 5) is 16.8. The number of aromatic nitrogens is 1. The van der Waals surface area contributed by atoms with Crippen molar-refractivity contribution in [2.45, 2.75) is 12.1 Å². The van der Waals surface area contributed by atoms with Gasteiger partial charge in [-0.25, -0.2) is 16.8 Å². The number of carbonyl (C=O) groups excluding carboxylic acids is 1. The van der Waals surface area contributed by atoms with Crippen molar-refractivity contribution in [3.63, 3.8) is 0 Å². The van der Waals surface area contributed by atoms with E-state index in [1.807, 2.05) is 0 Å². The first-order valence-corrected chi connectivity index (χ1v) is 10.5. The molecule has 2 saturated heterocycles. The second kappa shape index (κ2) is 5.07. The molecule has 1 aromatic heterocycles. The van der Waals surface area contributed by atoms with E-state index in [2.05, 4.69) is 4.98 Å². The van der Waals surface area contributed by atoms with Crippen molar-refractivity contribution >= 4 is 25.8 Å². The SMILES string of the molecule is CS(=O)(=O)N1CCN(C(=O)c2ccc[nH]2)[C@H]2CS(=O)(=O)C[C@H]21. The number of amides is 1. The number of nitrogens with one attached hydrogen (secondary N) is 1. The van der Waals surface area contributed by atoms with E-state index in [0.29, 0.717) is 5.69 Å². The third-order valence-electron chi connectivity index (χ3n) is 4.14. The van der Waals surface area contributed by atoms with Gasteiger partial charge in [-0.3, -0.25) is 4.79 Å². The average molecular weight is 347 g/mol. The van der Waals surface area contributed by atoms with Crippen molar-refractivity contribution in [2.24, 2.45) is 0 Å². The number of nitrogens with zero attached hydrogens (tertiary/aromatic N) is 2. The Bertz CT molecular complexity index is 785. The molecule has 0 unspecified atom stereocenters. The lowest BCUT2D eigenvalue weighted by molar-refractivity contribution is 0.0511. The number of sulfone groups is 1. The summed E-state index contributed by atoms with van der Waals surface area (Å²) in [5.74, 6) is -0.736. The predicted molar refractivity (Wildman–Crippen MR) is 79.6 cm³/mol. The molecule has 0 aromatic carbocycles. The number of rotatable bonds is 2. The Hall–Kier alpha value is -1.39. The molecule has 0 saturated carbocycles. The first-order valence-electron chi connectivity index (χ1n) is 6.81. The topological polar surface area (TPSA) is 108 Å². The number of hydrogen-bond acceptors (Lipinski definition) is 5. The number of hydrogen-bond donors (Lipinski definition) is 1. The van der Waals surface area contributed by atoms with Crippen LogP contribution in [0.2, 0.25) is 0 Å². The van der Waals surface area contributed by atoms with Gasteiger partial charge in [-0.2, -0.15) is 4.31 Å². The van der Waals surface area contributed by atoms with Crippen molar-refractivity contribution in [3.8, 4) is 0 Å². The van der Waals surface area contributed by atoms with Crippen LogP contribution in [-0.2, 0) is 19.9 Å². The molecule has 122 valence electrons. The normalized spacial score (nSPS) is 28.5. The standard InChI is InChI=1S/C12H17N3O5S2/c1-21(17,18)15-6-5-14(12(16)9-3-2-4-13-9)10-7-22(19,20)8-11(10)15/h2-4,10-11,13H,5-8H2,1H3/t10-,11+/m0/s1. The minimum atomic E-state index is -3.51. The third-order valence-corrected chi connectivity index (χ3v) is 7.14. The fraction of sp³-hybridized carbons (Fsp3) is 0.583. The van der Waals surface area contributed by atoms with Crippen LogP contribution in [0.1, 0.15) is 10.5 Å². The summed E-state index contributed by atoms with van der Waals surface area (Å²) >= 11 is 0. The molecule has 1 amide bonds. The largest absolute Gasteiger partial charge is 0.357 e. The quantitative estimate of drug-likeness (QED) is 0.730. The molecule has 1 N–H and O–H groups in total. The molecule has 0 spiro atoms. The van der Waals surface area contributed by atoms with Crippen LogP contribution in [0.5, 0.6) is 0 Å². The summed E-state index contributed by atoms with van der Waals surface area (Å²) in [5.41, 5.74) is 0.371. The highest BCUT2D eigenvalue weighted by Crippen LogP contribution is 2.29. The van der Waals surface area contributed by atoms with Crippen molar-refractivity contribution in [2.75, 3.05) is 30.9 Å². The smallest absolute Gasteiger partial charge is 0.270 e. The van der Waals surface area contributed by atoms with Gasteiger partial charge in [-0.1, -0.05) is 0 Å². The fourth-order valence-electron chi connectivity index (χ4n) is 3.20. The first kappa shape index (κ1) is 15.5. The summed E-state index contributed by atoms with van der Waals surface area (Å²) in [5, 5.41) is 0. The molecule has 0 aliphatic carbocycles. The van der Waals surface area contributed by atoms with E-state index in [1.165, 1.54) is 9.21 Å². The van der Waals surface area contributed by atoms with Crippen LogP contribution in [0, 0.1) is 0 Å². The Kier molecular flexibility index (Phi) is 3.57. The number of carbonyl (C=O) groups is 1. The summed E-state index contributed by atoms with van der Waals surface area (Å²) in [7, 11) is -6.88. The zero-order chi connectivity index (χ0) is 16.1. The number of sulfonamides is 1. The van der Waals surface area contributed by atoms with E-state index in [4.69, 9.17) is 0 Å². The average Bonchev–Trinajstić information content (AvgIpc) is 3.00. The van der Waals surface area contributed by atoms with Crippen molar-refractivity contribution in [1.82, 2.24) is 14.2 Å². The third kappa shape index (κ3) is 2.66. The lowest BCUT2D eigenvalue weighted by atomic mass is 10.1. The van der Waals surface area contributed by atoms with Crippen LogP contribution in [-0.4, -0.2) is 79.9 Å². The minimum Gasteiger partial charge on any atom is -0.357 e. The van der Waals surface area contributed by atoms with E-state index in [-0.39, 0.29) is 30.5 Å². The van der Waals surface area contributed by atoms with Crippen LogP contribution < -0.4 is 0 Å². The molecule has 2 aliphatic heterocycles. The first-order chi connectivity index (χ1) is 10.2. The number of piperazine rings is 1. The van der Waals surface area contributed by atoms with Gasteiger partial charge < -0.3 is 9.88 Å². The van der Waals surface area contributed by atoms with Crippen molar-refractivity contribution < 1.29 is 21.6 Å². The van der Waals surface area contributed by atoms with Gasteiger partial charge in [0.2, 0.25) is 10.0 Å². The van der Waals surface area contributed by atoms with Gasteiger partial charge in [0.15, 0.2) is 9.84 Å². The van der Waals surface area contributed by atoms with E-state index >= 15 is 0 Å². The Balaban J connectivity index is 1.95. The lowest BCUT2D eigenvalue weighted by Crippen LogP contribution is -2.61. The highest BCUT2D eigenvalue weighted by Gasteiger charge is 2.50. The molecule has 2 atom stereocenters. The lowest BCUT2D eigenvalue weighted by Gasteiger charge is -2.42. The highest BCUT2D eigenvalue weighted by atomic mass is 32.2. The van der Waals surface area contributed by atoms with Crippen LogP contribution >= 0.6 is 0 Å². The second-order valence-electron chi connectivity index (χ2n) is 5.67. The predicted octanol–water partition coefficient (Wildman–Crippen LogP) is -1.10. The summed E-state index contributed by atoms with van der Waals surface area (Å²) in [6.45, 7) is 0.295. The van der Waals surface area contributed by atoms with Gasteiger partial charge in [0.1, 0.15) is 5.69 Å². The molecule has 10 heteroatoms. The molecular weight excluding hydrogens is 330 g/mol. The second-order valence-corrected chi connectivity index (χ2v) is 9.76. The van der Waals surface area contributed by atoms with E-state index in [9.17, 15) is 21.6 Å².